The first-order valence-corrected chi connectivity index (χ1v) is 11.0. The molecule has 4 aromatic heterocycles. The Hall–Kier alpha value is -2.94. The van der Waals surface area contributed by atoms with Crippen molar-refractivity contribution in [1.29, 1.82) is 0 Å². The fourth-order valence-electron chi connectivity index (χ4n) is 3.46. The van der Waals surface area contributed by atoms with Gasteiger partial charge in [-0.2, -0.15) is 0 Å². The maximum atomic E-state index is 13.3. The van der Waals surface area contributed by atoms with E-state index in [1.54, 1.807) is 10.9 Å². The van der Waals surface area contributed by atoms with Crippen LogP contribution in [0.3, 0.4) is 0 Å². The minimum atomic E-state index is -0.373. The van der Waals surface area contributed by atoms with Crippen molar-refractivity contribution >= 4 is 22.5 Å². The second-order valence-corrected chi connectivity index (χ2v) is 8.71. The van der Waals surface area contributed by atoms with Gasteiger partial charge in [-0.1, -0.05) is 33.3 Å². The summed E-state index contributed by atoms with van der Waals surface area (Å²) in [6, 6.07) is 3.84. The first kappa shape index (κ1) is 20.3. The Bertz CT molecular complexity index is 1260. The number of rotatable bonds is 8. The monoisotopic (exact) mass is 427 g/mol. The summed E-state index contributed by atoms with van der Waals surface area (Å²) < 4.78 is 10.3. The summed E-state index contributed by atoms with van der Waals surface area (Å²) in [5.41, 5.74) is 0.732. The van der Waals surface area contributed by atoms with E-state index in [0.717, 1.165) is 17.7 Å². The Labute approximate surface area is 177 Å². The molecule has 0 aromatic carbocycles. The highest BCUT2D eigenvalue weighted by Crippen LogP contribution is 2.23. The Morgan fingerprint density at radius 1 is 1.23 bits per heavy atom. The number of thiophene rings is 1. The van der Waals surface area contributed by atoms with Crippen molar-refractivity contribution < 1.29 is 4.42 Å². The number of hydrogen-bond acceptors (Lipinski definition) is 6. The number of fused-ring (bicyclic) bond motifs is 1. The number of aryl methyl sites for hydroxylation is 1. The van der Waals surface area contributed by atoms with Gasteiger partial charge in [0.15, 0.2) is 11.2 Å². The predicted octanol–water partition coefficient (Wildman–Crippen LogP) is 3.58. The van der Waals surface area contributed by atoms with Crippen LogP contribution in [-0.2, 0) is 19.6 Å². The molecule has 0 saturated heterocycles. The molecule has 0 amide bonds. The van der Waals surface area contributed by atoms with Gasteiger partial charge >= 0.3 is 5.69 Å². The summed E-state index contributed by atoms with van der Waals surface area (Å²) >= 11 is 1.52. The highest BCUT2D eigenvalue weighted by Gasteiger charge is 2.20. The topological polar surface area (TPSA) is 87.8 Å². The molecule has 9 heteroatoms. The molecule has 158 valence electrons. The second kappa shape index (κ2) is 8.43. The van der Waals surface area contributed by atoms with E-state index in [4.69, 9.17) is 4.42 Å². The van der Waals surface area contributed by atoms with Gasteiger partial charge in [-0.3, -0.25) is 13.9 Å². The predicted molar refractivity (Wildman–Crippen MR) is 117 cm³/mol. The third-order valence-electron chi connectivity index (χ3n) is 4.89. The summed E-state index contributed by atoms with van der Waals surface area (Å²) in [5.74, 6) is 0.722. The lowest BCUT2D eigenvalue weighted by Crippen LogP contribution is -2.41. The molecule has 0 bridgehead atoms. The van der Waals surface area contributed by atoms with Gasteiger partial charge in [-0.05, 0) is 23.8 Å². The fourth-order valence-corrected chi connectivity index (χ4v) is 4.12. The van der Waals surface area contributed by atoms with E-state index in [1.807, 2.05) is 35.9 Å². The zero-order valence-corrected chi connectivity index (χ0v) is 18.2. The summed E-state index contributed by atoms with van der Waals surface area (Å²) in [6.07, 6.45) is 5.10. The zero-order chi connectivity index (χ0) is 21.3. The SMILES string of the molecule is CCCCn1cnc2c1c(=O)n(Cc1coc(-c3cccs3)n1)c(=O)n2CC(C)C. The Balaban J connectivity index is 1.82. The first-order chi connectivity index (χ1) is 14.5. The molecule has 4 rings (SSSR count). The van der Waals surface area contributed by atoms with Crippen LogP contribution in [0.5, 0.6) is 0 Å². The average molecular weight is 428 g/mol. The molecular weight excluding hydrogens is 402 g/mol. The molecule has 0 aliphatic rings. The molecule has 0 fully saturated rings. The summed E-state index contributed by atoms with van der Waals surface area (Å²) in [7, 11) is 0. The van der Waals surface area contributed by atoms with Crippen molar-refractivity contribution in [2.45, 2.75) is 53.2 Å². The van der Waals surface area contributed by atoms with E-state index >= 15 is 0 Å². The summed E-state index contributed by atoms with van der Waals surface area (Å²) in [6.45, 7) is 7.40. The lowest BCUT2D eigenvalue weighted by molar-refractivity contribution is 0.492. The Morgan fingerprint density at radius 3 is 2.77 bits per heavy atom. The van der Waals surface area contributed by atoms with Gasteiger partial charge in [0, 0.05) is 13.1 Å². The number of unbranched alkanes of at least 4 members (excludes halogenated alkanes) is 1. The Morgan fingerprint density at radius 2 is 2.07 bits per heavy atom. The lowest BCUT2D eigenvalue weighted by atomic mass is 10.2. The van der Waals surface area contributed by atoms with Gasteiger partial charge in [-0.25, -0.2) is 14.8 Å². The van der Waals surface area contributed by atoms with Gasteiger partial charge in [0.2, 0.25) is 5.89 Å². The van der Waals surface area contributed by atoms with Crippen molar-refractivity contribution in [3.63, 3.8) is 0 Å². The van der Waals surface area contributed by atoms with Gasteiger partial charge in [0.25, 0.3) is 5.56 Å². The van der Waals surface area contributed by atoms with E-state index in [9.17, 15) is 9.59 Å². The van der Waals surface area contributed by atoms with Crippen LogP contribution < -0.4 is 11.2 Å². The van der Waals surface area contributed by atoms with Crippen LogP contribution in [0.25, 0.3) is 21.9 Å². The Kier molecular flexibility index (Phi) is 5.72. The van der Waals surface area contributed by atoms with Crippen molar-refractivity contribution in [2.24, 2.45) is 5.92 Å². The highest BCUT2D eigenvalue weighted by atomic mass is 32.1. The standard InChI is InChI=1S/C21H25N5O3S/c1-4-5-8-24-13-22-18-17(24)20(27)26(21(28)25(18)10-14(2)3)11-15-12-29-19(23-15)16-7-6-9-30-16/h6-7,9,12-14H,4-5,8,10-11H2,1-3H3. The largest absolute Gasteiger partial charge is 0.443 e. The molecule has 0 unspecified atom stereocenters. The van der Waals surface area contributed by atoms with Gasteiger partial charge in [0.1, 0.15) is 6.26 Å². The number of aromatic nitrogens is 5. The molecule has 0 aliphatic heterocycles. The van der Waals surface area contributed by atoms with E-state index in [-0.39, 0.29) is 23.7 Å². The molecule has 4 aromatic rings. The molecule has 0 saturated carbocycles. The third-order valence-corrected chi connectivity index (χ3v) is 5.75. The smallest absolute Gasteiger partial charge is 0.333 e. The van der Waals surface area contributed by atoms with Crippen LogP contribution in [0.1, 0.15) is 39.3 Å². The van der Waals surface area contributed by atoms with Crippen LogP contribution in [0.2, 0.25) is 0 Å². The molecule has 0 spiro atoms. The molecule has 8 nitrogen and oxygen atoms in total. The third kappa shape index (κ3) is 3.77. The molecule has 0 N–H and O–H groups in total. The van der Waals surface area contributed by atoms with Gasteiger partial charge in [-0.15, -0.1) is 11.3 Å². The molecule has 0 radical (unpaired) electrons. The van der Waals surface area contributed by atoms with Crippen LogP contribution >= 0.6 is 11.3 Å². The van der Waals surface area contributed by atoms with Crippen molar-refractivity contribution in [2.75, 3.05) is 0 Å². The lowest BCUT2D eigenvalue weighted by Gasteiger charge is -2.13. The van der Waals surface area contributed by atoms with Crippen molar-refractivity contribution in [3.8, 4) is 10.8 Å². The quantitative estimate of drug-likeness (QED) is 0.429. The molecule has 0 atom stereocenters. The summed E-state index contributed by atoms with van der Waals surface area (Å²) in [4.78, 5) is 36.3. The molecule has 4 heterocycles. The van der Waals surface area contributed by atoms with E-state index in [0.29, 0.717) is 35.8 Å². The number of hydrogen-bond donors (Lipinski definition) is 0. The van der Waals surface area contributed by atoms with Gasteiger partial charge < -0.3 is 8.98 Å². The minimum absolute atomic E-state index is 0.0551. The zero-order valence-electron chi connectivity index (χ0n) is 17.4. The average Bonchev–Trinajstić information content (AvgIpc) is 3.46. The normalized spacial score (nSPS) is 11.7. The number of nitrogens with zero attached hydrogens (tertiary/aromatic N) is 5. The van der Waals surface area contributed by atoms with Crippen LogP contribution in [0.15, 0.2) is 44.1 Å². The van der Waals surface area contributed by atoms with Crippen LogP contribution in [0.4, 0.5) is 0 Å². The number of imidazole rings is 1. The van der Waals surface area contributed by atoms with Crippen molar-refractivity contribution in [1.82, 2.24) is 23.7 Å². The molecule has 0 aliphatic carbocycles. The van der Waals surface area contributed by atoms with Gasteiger partial charge in [0.05, 0.1) is 23.4 Å². The highest BCUT2D eigenvalue weighted by molar-refractivity contribution is 7.13. The minimum Gasteiger partial charge on any atom is -0.443 e. The maximum absolute atomic E-state index is 13.3. The van der Waals surface area contributed by atoms with Crippen molar-refractivity contribution in [3.05, 3.63) is 56.6 Å². The first-order valence-electron chi connectivity index (χ1n) is 10.2. The van der Waals surface area contributed by atoms with Crippen LogP contribution in [0, 0.1) is 5.92 Å². The van der Waals surface area contributed by atoms with E-state index < -0.39 is 0 Å². The maximum Gasteiger partial charge on any atom is 0.333 e. The fraction of sp³-hybridized carbons (Fsp3) is 0.429. The summed E-state index contributed by atoms with van der Waals surface area (Å²) in [5, 5.41) is 1.94. The second-order valence-electron chi connectivity index (χ2n) is 7.76. The van der Waals surface area contributed by atoms with Crippen LogP contribution in [-0.4, -0.2) is 23.7 Å². The van der Waals surface area contributed by atoms with E-state index in [1.165, 1.54) is 22.2 Å². The molecular formula is C21H25N5O3S. The van der Waals surface area contributed by atoms with E-state index in [2.05, 4.69) is 16.9 Å². The molecule has 30 heavy (non-hydrogen) atoms. The number of oxazole rings is 1.